The fraction of sp³-hybridized carbons (Fsp3) is 0.486. The van der Waals surface area contributed by atoms with E-state index in [-0.39, 0.29) is 35.6 Å². The van der Waals surface area contributed by atoms with Gasteiger partial charge in [0.25, 0.3) is 0 Å². The summed E-state index contributed by atoms with van der Waals surface area (Å²) in [5.74, 6) is -1.50. The molecular weight excluding hydrogens is 582 g/mol. The van der Waals surface area contributed by atoms with Crippen molar-refractivity contribution < 1.29 is 19.5 Å². The molecule has 8 heteroatoms. The van der Waals surface area contributed by atoms with Gasteiger partial charge in [0.15, 0.2) is 0 Å². The number of benzene rings is 2. The number of nitrogens with zero attached hydrogens (tertiary/aromatic N) is 3. The maximum atomic E-state index is 15.0. The lowest BCUT2D eigenvalue weighted by atomic mass is 9.70. The zero-order chi connectivity index (χ0) is 31.6. The third kappa shape index (κ3) is 5.65. The fourth-order valence-corrected chi connectivity index (χ4v) is 10.7. The Kier molecular flexibility index (Phi) is 9.52. The van der Waals surface area contributed by atoms with Crippen LogP contribution in [0.2, 0.25) is 0 Å². The van der Waals surface area contributed by atoms with Crippen molar-refractivity contribution in [1.29, 1.82) is 0 Å². The van der Waals surface area contributed by atoms with Crippen LogP contribution in [0, 0.1) is 11.8 Å². The van der Waals surface area contributed by atoms with Gasteiger partial charge in [-0.1, -0.05) is 92.1 Å². The van der Waals surface area contributed by atoms with Gasteiger partial charge < -0.3 is 19.8 Å². The molecule has 3 aliphatic heterocycles. The van der Waals surface area contributed by atoms with Crippen LogP contribution in [0.15, 0.2) is 86.0 Å². The summed E-state index contributed by atoms with van der Waals surface area (Å²) in [6.07, 6.45) is 10.2. The number of amides is 3. The Labute approximate surface area is 271 Å². The van der Waals surface area contributed by atoms with Crippen LogP contribution >= 0.6 is 11.8 Å². The molecule has 1 spiro atoms. The van der Waals surface area contributed by atoms with Gasteiger partial charge in [-0.05, 0) is 36.8 Å². The van der Waals surface area contributed by atoms with Crippen LogP contribution in [0.3, 0.4) is 0 Å². The predicted octanol–water partition coefficient (Wildman–Crippen LogP) is 5.37. The Hall–Kier alpha value is -3.36. The maximum Gasteiger partial charge on any atom is 0.247 e. The quantitative estimate of drug-likeness (QED) is 0.320. The molecule has 6 atom stereocenters. The average Bonchev–Trinajstić information content (AvgIpc) is 3.72. The second-order valence-corrected chi connectivity index (χ2v) is 14.6. The number of rotatable bonds is 12. The number of hydrogen-bond acceptors (Lipinski definition) is 5. The molecule has 1 saturated carbocycles. The second kappa shape index (κ2) is 13.6. The summed E-state index contributed by atoms with van der Waals surface area (Å²) < 4.78 is -0.734. The lowest BCUT2D eigenvalue weighted by Crippen LogP contribution is -2.57. The number of aliphatic hydroxyl groups excluding tert-OH is 1. The Bertz CT molecular complexity index is 1400. The molecule has 4 fully saturated rings. The molecule has 2 unspecified atom stereocenters. The summed E-state index contributed by atoms with van der Waals surface area (Å²) in [6, 6.07) is 18.0. The van der Waals surface area contributed by atoms with Gasteiger partial charge in [0.05, 0.1) is 29.2 Å². The summed E-state index contributed by atoms with van der Waals surface area (Å²) in [5, 5.41) is 10.8. The number of likely N-dealkylation sites (tertiary alicyclic amines) is 1. The van der Waals surface area contributed by atoms with E-state index in [1.807, 2.05) is 70.5 Å². The number of hydrogen-bond donors (Lipinski definition) is 1. The molecule has 45 heavy (non-hydrogen) atoms. The van der Waals surface area contributed by atoms with E-state index in [0.717, 1.165) is 43.2 Å². The fourth-order valence-electron chi connectivity index (χ4n) is 8.53. The van der Waals surface area contributed by atoms with Crippen LogP contribution in [-0.2, 0) is 20.9 Å². The smallest absolute Gasteiger partial charge is 0.247 e. The van der Waals surface area contributed by atoms with Crippen LogP contribution < -0.4 is 0 Å². The minimum atomic E-state index is -0.774. The van der Waals surface area contributed by atoms with Gasteiger partial charge in [0, 0.05) is 30.9 Å². The zero-order valence-electron chi connectivity index (χ0n) is 26.0. The van der Waals surface area contributed by atoms with Crippen LogP contribution in [0.4, 0.5) is 0 Å². The first kappa shape index (κ1) is 31.6. The zero-order valence-corrected chi connectivity index (χ0v) is 26.8. The van der Waals surface area contributed by atoms with Crippen molar-refractivity contribution in [2.24, 2.45) is 11.8 Å². The topological polar surface area (TPSA) is 81.2 Å². The van der Waals surface area contributed by atoms with Gasteiger partial charge >= 0.3 is 0 Å². The second-order valence-electron chi connectivity index (χ2n) is 13.0. The highest BCUT2D eigenvalue weighted by Crippen LogP contribution is 2.67. The van der Waals surface area contributed by atoms with Crippen molar-refractivity contribution in [3.05, 3.63) is 97.1 Å². The summed E-state index contributed by atoms with van der Waals surface area (Å²) in [7, 11) is 0. The molecule has 3 heterocycles. The molecule has 2 aromatic carbocycles. The molecule has 2 aromatic rings. The number of fused-ring (bicyclic) bond motifs is 1. The monoisotopic (exact) mass is 627 g/mol. The van der Waals surface area contributed by atoms with E-state index in [4.69, 9.17) is 0 Å². The molecular formula is C37H45N3O4S. The summed E-state index contributed by atoms with van der Waals surface area (Å²) in [6.45, 7) is 8.80. The van der Waals surface area contributed by atoms with Crippen molar-refractivity contribution in [1.82, 2.24) is 14.7 Å². The molecule has 238 valence electrons. The first-order valence-electron chi connectivity index (χ1n) is 16.5. The van der Waals surface area contributed by atoms with Crippen molar-refractivity contribution in [2.45, 2.75) is 79.6 Å². The van der Waals surface area contributed by atoms with E-state index in [1.54, 1.807) is 28.8 Å². The molecule has 6 rings (SSSR count). The Morgan fingerprint density at radius 1 is 0.956 bits per heavy atom. The minimum absolute atomic E-state index is 0.0428. The molecule has 1 aliphatic carbocycles. The van der Waals surface area contributed by atoms with Crippen molar-refractivity contribution in [2.75, 3.05) is 19.7 Å². The van der Waals surface area contributed by atoms with Crippen molar-refractivity contribution in [3.63, 3.8) is 0 Å². The number of aliphatic hydroxyl groups is 1. The third-order valence-corrected chi connectivity index (χ3v) is 12.4. The van der Waals surface area contributed by atoms with Gasteiger partial charge in [-0.2, -0.15) is 0 Å². The van der Waals surface area contributed by atoms with Crippen LogP contribution in [0.5, 0.6) is 0 Å². The highest BCUT2D eigenvalue weighted by Gasteiger charge is 2.74. The largest absolute Gasteiger partial charge is 0.394 e. The van der Waals surface area contributed by atoms with E-state index in [2.05, 4.69) is 13.2 Å². The van der Waals surface area contributed by atoms with Crippen molar-refractivity contribution >= 4 is 29.5 Å². The summed E-state index contributed by atoms with van der Waals surface area (Å²) >= 11 is 1.69. The van der Waals surface area contributed by atoms with Crippen LogP contribution in [0.1, 0.15) is 62.1 Å². The van der Waals surface area contributed by atoms with E-state index >= 15 is 4.79 Å². The number of thioether (sulfide) groups is 1. The van der Waals surface area contributed by atoms with Gasteiger partial charge in [0.1, 0.15) is 6.04 Å². The molecule has 0 aromatic heterocycles. The van der Waals surface area contributed by atoms with E-state index in [1.165, 1.54) is 6.42 Å². The van der Waals surface area contributed by atoms with Gasteiger partial charge in [-0.15, -0.1) is 24.9 Å². The van der Waals surface area contributed by atoms with Gasteiger partial charge in [0.2, 0.25) is 17.7 Å². The number of carbonyl (C=O) groups excluding carboxylic acids is 3. The van der Waals surface area contributed by atoms with Gasteiger partial charge in [-0.25, -0.2) is 0 Å². The van der Waals surface area contributed by atoms with Gasteiger partial charge in [-0.3, -0.25) is 14.4 Å². The van der Waals surface area contributed by atoms with Crippen LogP contribution in [-0.4, -0.2) is 79.3 Å². The predicted molar refractivity (Wildman–Crippen MR) is 178 cm³/mol. The highest BCUT2D eigenvalue weighted by molar-refractivity contribution is 8.02. The van der Waals surface area contributed by atoms with E-state index in [0.29, 0.717) is 26.1 Å². The lowest BCUT2D eigenvalue weighted by Gasteiger charge is -2.42. The highest BCUT2D eigenvalue weighted by atomic mass is 32.2. The maximum absolute atomic E-state index is 15.0. The number of carbonyl (C=O) groups is 3. The molecule has 4 aliphatic rings. The summed E-state index contributed by atoms with van der Waals surface area (Å²) in [4.78, 5) is 49.9. The summed E-state index contributed by atoms with van der Waals surface area (Å²) in [5.41, 5.74) is 1.80. The lowest BCUT2D eigenvalue weighted by molar-refractivity contribution is -0.148. The van der Waals surface area contributed by atoms with E-state index in [9.17, 15) is 14.7 Å². The van der Waals surface area contributed by atoms with Crippen LogP contribution in [0.25, 0.3) is 0 Å². The molecule has 7 nitrogen and oxygen atoms in total. The Morgan fingerprint density at radius 3 is 2.27 bits per heavy atom. The first-order chi connectivity index (χ1) is 21.9. The Balaban J connectivity index is 1.41. The molecule has 2 bridgehead atoms. The SMILES string of the molecule is C=CCN(Cc1ccccc1)C(=O)[C@@H]1[C@H]2C(=O)N([C@H](CO)c3ccccc3)C(C(=O)N(CC=C)C3CCCCC3)C23CC[C@H]1S3. The molecule has 3 amide bonds. The standard InChI is InChI=1S/C37H45N3O4S/c1-3-22-38(24-26-14-8-5-9-15-26)34(42)31-30-20-21-37(45-30)32(31)35(43)40(29(25-41)27-16-10-6-11-17-27)33(37)36(44)39(23-4-2)28-18-12-7-13-19-28/h3-6,8-11,14-17,28-33,41H,1-2,7,12-13,18-25H2/t29-,30-,31+,32+,33?,37?/m1/s1. The third-order valence-electron chi connectivity index (χ3n) is 10.5. The molecule has 3 saturated heterocycles. The normalized spacial score (nSPS) is 28.0. The first-order valence-corrected chi connectivity index (χ1v) is 17.3. The van der Waals surface area contributed by atoms with E-state index < -0.39 is 28.7 Å². The Morgan fingerprint density at radius 2 is 1.62 bits per heavy atom. The molecule has 0 radical (unpaired) electrons. The minimum Gasteiger partial charge on any atom is -0.394 e. The van der Waals surface area contributed by atoms with Crippen molar-refractivity contribution in [3.8, 4) is 0 Å². The molecule has 1 N–H and O–H groups in total. The average molecular weight is 628 g/mol.